The standard InChI is InChI=1S/C12H14ClN3O3.ClH/c1-15(9-4-5-14-7-9)12(17)10-3-2-8(16(18)19)6-11(10)13;/h2-3,6,9,14H,4-5,7H2,1H3;1H. The fraction of sp³-hybridized carbons (Fsp3) is 0.417. The molecule has 110 valence electrons. The Morgan fingerprint density at radius 2 is 2.25 bits per heavy atom. The number of rotatable bonds is 3. The monoisotopic (exact) mass is 319 g/mol. The topological polar surface area (TPSA) is 75.5 Å². The molecule has 8 heteroatoms. The van der Waals surface area contributed by atoms with E-state index in [0.29, 0.717) is 5.56 Å². The zero-order valence-electron chi connectivity index (χ0n) is 10.8. The second-order valence-electron chi connectivity index (χ2n) is 4.48. The lowest BCUT2D eigenvalue weighted by Crippen LogP contribution is -2.38. The number of carbonyl (C=O) groups excluding carboxylic acids is 1. The van der Waals surface area contributed by atoms with Gasteiger partial charge in [0.2, 0.25) is 0 Å². The van der Waals surface area contributed by atoms with E-state index < -0.39 is 4.92 Å². The normalized spacial score (nSPS) is 17.4. The average Bonchev–Trinajstić information content (AvgIpc) is 2.90. The SMILES string of the molecule is CN(C(=O)c1ccc([N+](=O)[O-])cc1Cl)C1CCNC1.Cl. The highest BCUT2D eigenvalue weighted by atomic mass is 35.5. The van der Waals surface area contributed by atoms with Crippen LogP contribution in [0.5, 0.6) is 0 Å². The van der Waals surface area contributed by atoms with Gasteiger partial charge in [0.25, 0.3) is 11.6 Å². The van der Waals surface area contributed by atoms with Crippen LogP contribution in [-0.2, 0) is 0 Å². The molecule has 1 aliphatic heterocycles. The van der Waals surface area contributed by atoms with Gasteiger partial charge in [-0.2, -0.15) is 0 Å². The van der Waals surface area contributed by atoms with Crippen molar-refractivity contribution in [2.75, 3.05) is 20.1 Å². The minimum absolute atomic E-state index is 0. The number of nitrogens with zero attached hydrogens (tertiary/aromatic N) is 2. The summed E-state index contributed by atoms with van der Waals surface area (Å²) in [7, 11) is 1.72. The first-order chi connectivity index (χ1) is 9.00. The molecule has 20 heavy (non-hydrogen) atoms. The zero-order chi connectivity index (χ0) is 14.0. The lowest BCUT2D eigenvalue weighted by atomic mass is 10.1. The van der Waals surface area contributed by atoms with E-state index in [0.717, 1.165) is 19.5 Å². The van der Waals surface area contributed by atoms with Crippen LogP contribution in [0.1, 0.15) is 16.8 Å². The maximum Gasteiger partial charge on any atom is 0.270 e. The Bertz CT molecular complexity index is 519. The van der Waals surface area contributed by atoms with Gasteiger partial charge < -0.3 is 10.2 Å². The number of nitrogens with one attached hydrogen (secondary N) is 1. The van der Waals surface area contributed by atoms with Crippen LogP contribution in [-0.4, -0.2) is 41.9 Å². The van der Waals surface area contributed by atoms with E-state index in [4.69, 9.17) is 11.6 Å². The van der Waals surface area contributed by atoms with E-state index in [2.05, 4.69) is 5.32 Å². The molecule has 1 fully saturated rings. The molecule has 1 unspecified atom stereocenters. The number of halogens is 2. The van der Waals surface area contributed by atoms with Crippen LogP contribution in [0.15, 0.2) is 18.2 Å². The van der Waals surface area contributed by atoms with Crippen molar-refractivity contribution in [2.24, 2.45) is 0 Å². The van der Waals surface area contributed by atoms with Crippen LogP contribution in [0.4, 0.5) is 5.69 Å². The Morgan fingerprint density at radius 1 is 1.55 bits per heavy atom. The highest BCUT2D eigenvalue weighted by Crippen LogP contribution is 2.24. The first-order valence-electron chi connectivity index (χ1n) is 5.92. The van der Waals surface area contributed by atoms with Crippen LogP contribution in [0.2, 0.25) is 5.02 Å². The third-order valence-corrected chi connectivity index (χ3v) is 3.61. The zero-order valence-corrected chi connectivity index (χ0v) is 12.4. The van der Waals surface area contributed by atoms with Gasteiger partial charge in [-0.1, -0.05) is 11.6 Å². The molecule has 1 saturated heterocycles. The summed E-state index contributed by atoms with van der Waals surface area (Å²) < 4.78 is 0. The van der Waals surface area contributed by atoms with Crippen LogP contribution in [0, 0.1) is 10.1 Å². The molecule has 1 N–H and O–H groups in total. The highest BCUT2D eigenvalue weighted by Gasteiger charge is 2.25. The molecule has 1 heterocycles. The van der Waals surface area contributed by atoms with Crippen LogP contribution in [0.3, 0.4) is 0 Å². The molecule has 6 nitrogen and oxygen atoms in total. The molecule has 0 bridgehead atoms. The summed E-state index contributed by atoms with van der Waals surface area (Å²) in [4.78, 5) is 24.0. The largest absolute Gasteiger partial charge is 0.337 e. The third-order valence-electron chi connectivity index (χ3n) is 3.30. The van der Waals surface area contributed by atoms with E-state index in [-0.39, 0.29) is 35.1 Å². The number of nitro benzene ring substituents is 1. The Morgan fingerprint density at radius 3 is 2.75 bits per heavy atom. The predicted octanol–water partition coefficient (Wildman–Crippen LogP) is 2.10. The highest BCUT2D eigenvalue weighted by molar-refractivity contribution is 6.34. The Balaban J connectivity index is 0.00000200. The van der Waals surface area contributed by atoms with E-state index >= 15 is 0 Å². The third kappa shape index (κ3) is 3.39. The fourth-order valence-corrected chi connectivity index (χ4v) is 2.37. The van der Waals surface area contributed by atoms with Crippen LogP contribution in [0.25, 0.3) is 0 Å². The maximum absolute atomic E-state index is 12.3. The molecule has 0 radical (unpaired) electrons. The number of benzene rings is 1. The van der Waals surface area contributed by atoms with E-state index in [1.807, 2.05) is 0 Å². The van der Waals surface area contributed by atoms with Crippen molar-refractivity contribution >= 4 is 35.6 Å². The van der Waals surface area contributed by atoms with Crippen molar-refractivity contribution in [3.63, 3.8) is 0 Å². The molecule has 0 aliphatic carbocycles. The van der Waals surface area contributed by atoms with Crippen molar-refractivity contribution in [3.8, 4) is 0 Å². The first kappa shape index (κ1) is 16.7. The van der Waals surface area contributed by atoms with E-state index in [1.54, 1.807) is 11.9 Å². The summed E-state index contributed by atoms with van der Waals surface area (Å²) in [6.07, 6.45) is 0.896. The number of non-ortho nitro benzene ring substituents is 1. The van der Waals surface area contributed by atoms with E-state index in [9.17, 15) is 14.9 Å². The van der Waals surface area contributed by atoms with Gasteiger partial charge in [0.05, 0.1) is 15.5 Å². The number of hydrogen-bond donors (Lipinski definition) is 1. The van der Waals surface area contributed by atoms with Crippen LogP contribution < -0.4 is 5.32 Å². The fourth-order valence-electron chi connectivity index (χ4n) is 2.12. The summed E-state index contributed by atoms with van der Waals surface area (Å²) in [5, 5.41) is 13.9. The number of hydrogen-bond acceptors (Lipinski definition) is 4. The summed E-state index contributed by atoms with van der Waals surface area (Å²) >= 11 is 5.95. The van der Waals surface area contributed by atoms with Gasteiger partial charge >= 0.3 is 0 Å². The molecule has 0 saturated carbocycles. The van der Waals surface area contributed by atoms with Crippen molar-refractivity contribution < 1.29 is 9.72 Å². The number of carbonyl (C=O) groups is 1. The van der Waals surface area contributed by atoms with E-state index in [1.165, 1.54) is 18.2 Å². The van der Waals surface area contributed by atoms with Gasteiger partial charge in [0, 0.05) is 31.8 Å². The number of amides is 1. The first-order valence-corrected chi connectivity index (χ1v) is 6.30. The summed E-state index contributed by atoms with van der Waals surface area (Å²) in [6.45, 7) is 1.64. The Kier molecular flexibility index (Phi) is 5.74. The molecular formula is C12H15Cl2N3O3. The minimum atomic E-state index is -0.537. The molecule has 2 rings (SSSR count). The molecule has 1 aromatic rings. The smallest absolute Gasteiger partial charge is 0.270 e. The number of likely N-dealkylation sites (N-methyl/N-ethyl adjacent to an activating group) is 1. The van der Waals surface area contributed by atoms with Crippen molar-refractivity contribution in [1.82, 2.24) is 10.2 Å². The second kappa shape index (κ2) is 6.88. The van der Waals surface area contributed by atoms with Crippen molar-refractivity contribution in [2.45, 2.75) is 12.5 Å². The lowest BCUT2D eigenvalue weighted by molar-refractivity contribution is -0.384. The van der Waals surface area contributed by atoms with Crippen molar-refractivity contribution in [1.29, 1.82) is 0 Å². The molecular weight excluding hydrogens is 305 g/mol. The molecule has 0 aromatic heterocycles. The summed E-state index contributed by atoms with van der Waals surface area (Å²) in [5.41, 5.74) is 0.174. The number of nitro groups is 1. The minimum Gasteiger partial charge on any atom is -0.337 e. The van der Waals surface area contributed by atoms with Gasteiger partial charge in [-0.05, 0) is 19.0 Å². The van der Waals surface area contributed by atoms with Crippen LogP contribution >= 0.6 is 24.0 Å². The molecule has 1 amide bonds. The van der Waals surface area contributed by atoms with Gasteiger partial charge in [0.1, 0.15) is 0 Å². The lowest BCUT2D eigenvalue weighted by Gasteiger charge is -2.24. The quantitative estimate of drug-likeness (QED) is 0.683. The molecule has 1 aromatic carbocycles. The molecule has 1 aliphatic rings. The molecule has 0 spiro atoms. The Labute approximate surface area is 127 Å². The maximum atomic E-state index is 12.3. The van der Waals surface area contributed by atoms with Gasteiger partial charge in [0.15, 0.2) is 0 Å². The summed E-state index contributed by atoms with van der Waals surface area (Å²) in [6, 6.07) is 4.04. The second-order valence-corrected chi connectivity index (χ2v) is 4.89. The van der Waals surface area contributed by atoms with Crippen molar-refractivity contribution in [3.05, 3.63) is 38.9 Å². The summed E-state index contributed by atoms with van der Waals surface area (Å²) in [5.74, 6) is -0.214. The molecule has 1 atom stereocenters. The van der Waals surface area contributed by atoms with Gasteiger partial charge in [-0.25, -0.2) is 0 Å². The predicted molar refractivity (Wildman–Crippen MR) is 78.7 cm³/mol. The Hall–Kier alpha value is -1.37. The van der Waals surface area contributed by atoms with Gasteiger partial charge in [-0.3, -0.25) is 14.9 Å². The van der Waals surface area contributed by atoms with Gasteiger partial charge in [-0.15, -0.1) is 12.4 Å². The average molecular weight is 320 g/mol.